The van der Waals surface area contributed by atoms with Crippen LogP contribution in [0.3, 0.4) is 0 Å². The molecule has 0 saturated heterocycles. The van der Waals surface area contributed by atoms with E-state index in [1.165, 1.54) is 6.92 Å². The maximum atomic E-state index is 11.1. The van der Waals surface area contributed by atoms with Gasteiger partial charge in [0.05, 0.1) is 0 Å². The zero-order chi connectivity index (χ0) is 10.7. The Hall–Kier alpha value is -1.16. The first-order chi connectivity index (χ1) is 6.56. The monoisotopic (exact) mass is 255 g/mol. The number of carbonyl (C=O) groups is 2. The van der Waals surface area contributed by atoms with Crippen molar-refractivity contribution in [1.29, 1.82) is 0 Å². The van der Waals surface area contributed by atoms with Crippen LogP contribution in [0.5, 0.6) is 0 Å². The number of hydrogen-bond donors (Lipinski definition) is 1. The lowest BCUT2D eigenvalue weighted by Crippen LogP contribution is -2.00. The zero-order valence-electron chi connectivity index (χ0n) is 7.93. The molecule has 14 heavy (non-hydrogen) atoms. The van der Waals surface area contributed by atoms with Crippen LogP contribution in [0.4, 0.5) is 5.69 Å². The molecule has 0 aromatic heterocycles. The third kappa shape index (κ3) is 2.20. The summed E-state index contributed by atoms with van der Waals surface area (Å²) in [4.78, 5) is 21.4. The molecule has 1 aromatic rings. The maximum Gasteiger partial charge on any atom is 0.211 e. The third-order valence-corrected chi connectivity index (χ3v) is 2.79. The first-order valence-electron chi connectivity index (χ1n) is 4.07. The van der Waals surface area contributed by atoms with E-state index in [1.54, 1.807) is 12.1 Å². The fraction of sp³-hybridized carbons (Fsp3) is 0.200. The summed E-state index contributed by atoms with van der Waals surface area (Å²) in [5.41, 5.74) is 2.13. The SMILES string of the molecule is CC(=O)c1cc(Br)c(C)c(NC=O)c1. The number of anilines is 1. The van der Waals surface area contributed by atoms with Gasteiger partial charge in [-0.1, -0.05) is 15.9 Å². The number of nitrogens with one attached hydrogen (secondary N) is 1. The van der Waals surface area contributed by atoms with Gasteiger partial charge < -0.3 is 5.32 Å². The molecule has 0 aliphatic carbocycles. The molecule has 3 nitrogen and oxygen atoms in total. The van der Waals surface area contributed by atoms with Crippen LogP contribution in [0.2, 0.25) is 0 Å². The van der Waals surface area contributed by atoms with Crippen molar-refractivity contribution < 1.29 is 9.59 Å². The van der Waals surface area contributed by atoms with Crippen molar-refractivity contribution in [2.75, 3.05) is 5.32 Å². The highest BCUT2D eigenvalue weighted by molar-refractivity contribution is 9.10. The summed E-state index contributed by atoms with van der Waals surface area (Å²) in [7, 11) is 0. The van der Waals surface area contributed by atoms with E-state index < -0.39 is 0 Å². The zero-order valence-corrected chi connectivity index (χ0v) is 9.51. The molecule has 0 radical (unpaired) electrons. The van der Waals surface area contributed by atoms with E-state index in [1.807, 2.05) is 6.92 Å². The molecular formula is C10H10BrNO2. The van der Waals surface area contributed by atoms with E-state index >= 15 is 0 Å². The standard InChI is InChI=1S/C10H10BrNO2/c1-6-9(11)3-8(7(2)14)4-10(6)12-5-13/h3-5H,1-2H3,(H,12,13). The van der Waals surface area contributed by atoms with Crippen LogP contribution in [0, 0.1) is 6.92 Å². The Bertz CT molecular complexity index is 388. The molecule has 74 valence electrons. The number of Topliss-reactive ketones (excluding diaryl/α,β-unsaturated/α-hetero) is 1. The highest BCUT2D eigenvalue weighted by Gasteiger charge is 2.07. The van der Waals surface area contributed by atoms with Gasteiger partial charge >= 0.3 is 0 Å². The third-order valence-electron chi connectivity index (χ3n) is 1.97. The average molecular weight is 256 g/mol. The van der Waals surface area contributed by atoms with Gasteiger partial charge in [-0.15, -0.1) is 0 Å². The van der Waals surface area contributed by atoms with Crippen LogP contribution in [0.15, 0.2) is 16.6 Å². The van der Waals surface area contributed by atoms with Gasteiger partial charge in [0.2, 0.25) is 6.41 Å². The van der Waals surface area contributed by atoms with E-state index in [4.69, 9.17) is 0 Å². The molecule has 0 bridgehead atoms. The van der Waals surface area contributed by atoms with Gasteiger partial charge in [0.15, 0.2) is 5.78 Å². The van der Waals surface area contributed by atoms with Crippen molar-refractivity contribution in [1.82, 2.24) is 0 Å². The van der Waals surface area contributed by atoms with Gasteiger partial charge in [0.25, 0.3) is 0 Å². The molecule has 0 heterocycles. The second-order valence-corrected chi connectivity index (χ2v) is 3.80. The molecule has 1 aromatic carbocycles. The first-order valence-corrected chi connectivity index (χ1v) is 4.87. The molecule has 0 spiro atoms. The van der Waals surface area contributed by atoms with Crippen LogP contribution in [-0.2, 0) is 4.79 Å². The van der Waals surface area contributed by atoms with Crippen molar-refractivity contribution in [2.24, 2.45) is 0 Å². The quantitative estimate of drug-likeness (QED) is 0.667. The maximum absolute atomic E-state index is 11.1. The summed E-state index contributed by atoms with van der Waals surface area (Å²) < 4.78 is 0.814. The van der Waals surface area contributed by atoms with Crippen LogP contribution >= 0.6 is 15.9 Å². The number of rotatable bonds is 3. The lowest BCUT2D eigenvalue weighted by Gasteiger charge is -2.08. The van der Waals surface area contributed by atoms with Crippen LogP contribution in [0.1, 0.15) is 22.8 Å². The lowest BCUT2D eigenvalue weighted by molar-refractivity contribution is -0.105. The number of carbonyl (C=O) groups excluding carboxylic acids is 2. The largest absolute Gasteiger partial charge is 0.328 e. The predicted octanol–water partition coefficient (Wildman–Crippen LogP) is 2.53. The highest BCUT2D eigenvalue weighted by atomic mass is 79.9. The molecule has 1 amide bonds. The lowest BCUT2D eigenvalue weighted by atomic mass is 10.1. The average Bonchev–Trinajstić information content (AvgIpc) is 2.12. The Kier molecular flexibility index (Phi) is 3.41. The van der Waals surface area contributed by atoms with Crippen molar-refractivity contribution in [3.05, 3.63) is 27.7 Å². The van der Waals surface area contributed by atoms with Gasteiger partial charge in [-0.05, 0) is 31.5 Å². The van der Waals surface area contributed by atoms with E-state index in [0.29, 0.717) is 17.7 Å². The fourth-order valence-corrected chi connectivity index (χ4v) is 1.56. The summed E-state index contributed by atoms with van der Waals surface area (Å²) in [5.74, 6) is -0.0281. The van der Waals surface area contributed by atoms with Gasteiger partial charge in [-0.3, -0.25) is 9.59 Å². The Morgan fingerprint density at radius 1 is 1.50 bits per heavy atom. The molecular weight excluding hydrogens is 246 g/mol. The summed E-state index contributed by atoms with van der Waals surface area (Å²) >= 11 is 3.33. The number of hydrogen-bond acceptors (Lipinski definition) is 2. The van der Waals surface area contributed by atoms with Crippen LogP contribution < -0.4 is 5.32 Å². The Morgan fingerprint density at radius 3 is 2.64 bits per heavy atom. The molecule has 0 fully saturated rings. The number of benzene rings is 1. The molecule has 0 unspecified atom stereocenters. The summed E-state index contributed by atoms with van der Waals surface area (Å²) in [6.07, 6.45) is 0.596. The van der Waals surface area contributed by atoms with Crippen molar-refractivity contribution in [3.63, 3.8) is 0 Å². The molecule has 0 aliphatic rings. The van der Waals surface area contributed by atoms with E-state index in [2.05, 4.69) is 21.2 Å². The Morgan fingerprint density at radius 2 is 2.14 bits per heavy atom. The minimum Gasteiger partial charge on any atom is -0.328 e. The molecule has 0 saturated carbocycles. The van der Waals surface area contributed by atoms with Gasteiger partial charge in [-0.25, -0.2) is 0 Å². The normalized spacial score (nSPS) is 9.64. The second kappa shape index (κ2) is 4.37. The van der Waals surface area contributed by atoms with Crippen LogP contribution in [-0.4, -0.2) is 12.2 Å². The smallest absolute Gasteiger partial charge is 0.211 e. The van der Waals surface area contributed by atoms with Crippen molar-refractivity contribution in [2.45, 2.75) is 13.8 Å². The van der Waals surface area contributed by atoms with Crippen molar-refractivity contribution in [3.8, 4) is 0 Å². The molecule has 1 N–H and O–H groups in total. The minimum atomic E-state index is -0.0281. The van der Waals surface area contributed by atoms with E-state index in [9.17, 15) is 9.59 Å². The van der Waals surface area contributed by atoms with E-state index in [-0.39, 0.29) is 5.78 Å². The highest BCUT2D eigenvalue weighted by Crippen LogP contribution is 2.26. The van der Waals surface area contributed by atoms with Gasteiger partial charge in [0.1, 0.15) is 0 Å². The van der Waals surface area contributed by atoms with Gasteiger partial charge in [0, 0.05) is 15.7 Å². The predicted molar refractivity (Wildman–Crippen MR) is 58.6 cm³/mol. The number of ketones is 1. The summed E-state index contributed by atoms with van der Waals surface area (Å²) in [6, 6.07) is 3.41. The molecule has 4 heteroatoms. The fourth-order valence-electron chi connectivity index (χ4n) is 1.10. The van der Waals surface area contributed by atoms with Gasteiger partial charge in [-0.2, -0.15) is 0 Å². The number of amides is 1. The second-order valence-electron chi connectivity index (χ2n) is 2.95. The Labute approximate surface area is 90.6 Å². The van der Waals surface area contributed by atoms with Crippen molar-refractivity contribution >= 4 is 33.8 Å². The molecule has 0 aliphatic heterocycles. The Balaban J connectivity index is 3.27. The first kappa shape index (κ1) is 10.9. The summed E-state index contributed by atoms with van der Waals surface area (Å²) in [5, 5.41) is 2.55. The van der Waals surface area contributed by atoms with Crippen LogP contribution in [0.25, 0.3) is 0 Å². The topological polar surface area (TPSA) is 46.2 Å². The minimum absolute atomic E-state index is 0.0281. The number of halogens is 1. The molecule has 0 atom stereocenters. The van der Waals surface area contributed by atoms with E-state index in [0.717, 1.165) is 10.0 Å². The summed E-state index contributed by atoms with van der Waals surface area (Å²) in [6.45, 7) is 3.35. The molecule has 1 rings (SSSR count).